The average molecular weight is 462 g/mol. The number of nitrogens with zero attached hydrogens (tertiary/aromatic N) is 2. The van der Waals surface area contributed by atoms with Gasteiger partial charge in [-0.2, -0.15) is 0 Å². The molecule has 1 N–H and O–H groups in total. The highest BCUT2D eigenvalue weighted by Crippen LogP contribution is 2.45. The van der Waals surface area contributed by atoms with Gasteiger partial charge in [0.05, 0.1) is 30.8 Å². The summed E-state index contributed by atoms with van der Waals surface area (Å²) in [5.41, 5.74) is 5.15. The van der Waals surface area contributed by atoms with Crippen molar-refractivity contribution in [2.24, 2.45) is 4.99 Å². The molecule has 2 aromatic rings. The summed E-state index contributed by atoms with van der Waals surface area (Å²) in [4.78, 5) is 32.5. The molecule has 4 rings (SSSR count). The van der Waals surface area contributed by atoms with E-state index in [-0.39, 0.29) is 12.3 Å². The Balaban J connectivity index is 1.64. The number of aliphatic imine (C=N–C) groups is 1. The summed E-state index contributed by atoms with van der Waals surface area (Å²) >= 11 is 1.48. The minimum Gasteiger partial charge on any atom is -0.466 e. The minimum absolute atomic E-state index is 0.0835. The molecule has 1 atom stereocenters. The number of carbonyl (C=O) groups excluding carboxylic acids is 2. The maximum absolute atomic E-state index is 12.9. The molecule has 33 heavy (non-hydrogen) atoms. The number of fused-ring (bicyclic) bond motifs is 1. The van der Waals surface area contributed by atoms with E-state index < -0.39 is 12.0 Å². The van der Waals surface area contributed by atoms with Crippen molar-refractivity contribution in [2.45, 2.75) is 39.3 Å². The number of rotatable bonds is 7. The van der Waals surface area contributed by atoms with Gasteiger partial charge in [-0.15, -0.1) is 0 Å². The number of esters is 1. The Kier molecular flexibility index (Phi) is 6.99. The third kappa shape index (κ3) is 4.88. The van der Waals surface area contributed by atoms with Crippen LogP contribution >= 0.6 is 11.8 Å². The van der Waals surface area contributed by atoms with Crippen molar-refractivity contribution in [1.29, 1.82) is 0 Å². The first-order valence-corrected chi connectivity index (χ1v) is 11.8. The van der Waals surface area contributed by atoms with Crippen LogP contribution in [0.25, 0.3) is 0 Å². The number of amides is 1. The average Bonchev–Trinajstić information content (AvgIpc) is 3.23. The van der Waals surface area contributed by atoms with Gasteiger partial charge in [0, 0.05) is 12.2 Å². The summed E-state index contributed by atoms with van der Waals surface area (Å²) in [6, 6.07) is 17.5. The van der Waals surface area contributed by atoms with E-state index in [0.717, 1.165) is 33.3 Å². The second kappa shape index (κ2) is 10.1. The lowest BCUT2D eigenvalue weighted by atomic mass is 9.92. The highest BCUT2D eigenvalue weighted by molar-refractivity contribution is 8.16. The van der Waals surface area contributed by atoms with Gasteiger partial charge in [-0.25, -0.2) is 9.79 Å². The van der Waals surface area contributed by atoms with E-state index in [1.54, 1.807) is 0 Å². The number of hydrogen-bond donors (Lipinski definition) is 1. The molecule has 0 unspecified atom stereocenters. The Bertz CT molecular complexity index is 1150. The lowest BCUT2D eigenvalue weighted by Gasteiger charge is -2.36. The van der Waals surface area contributed by atoms with Crippen LogP contribution in [0.3, 0.4) is 0 Å². The molecule has 0 saturated heterocycles. The molecule has 0 bridgehead atoms. The number of aryl methyl sites for hydroxylation is 1. The molecule has 2 aromatic carbocycles. The van der Waals surface area contributed by atoms with Crippen LogP contribution in [0.5, 0.6) is 0 Å². The molecule has 0 radical (unpaired) electrons. The number of nitrogens with one attached hydrogen (secondary N) is 1. The third-order valence-corrected chi connectivity index (χ3v) is 6.55. The second-order valence-electron chi connectivity index (χ2n) is 7.95. The van der Waals surface area contributed by atoms with Gasteiger partial charge in [-0.3, -0.25) is 4.79 Å². The van der Waals surface area contributed by atoms with Crippen molar-refractivity contribution in [3.05, 3.63) is 93.7 Å². The highest BCUT2D eigenvalue weighted by Gasteiger charge is 2.41. The summed E-state index contributed by atoms with van der Waals surface area (Å²) in [6.07, 6.45) is 0.800. The smallest absolute Gasteiger partial charge is 0.338 e. The maximum atomic E-state index is 12.9. The summed E-state index contributed by atoms with van der Waals surface area (Å²) in [5.74, 6) is -0.481. The Morgan fingerprint density at radius 1 is 1.15 bits per heavy atom. The molecular formula is C26H27N3O3S. The fraction of sp³-hybridized carbons (Fsp3) is 0.269. The van der Waals surface area contributed by atoms with Crippen molar-refractivity contribution in [3.8, 4) is 0 Å². The van der Waals surface area contributed by atoms with Gasteiger partial charge in [0.25, 0.3) is 0 Å². The first kappa shape index (κ1) is 22.9. The summed E-state index contributed by atoms with van der Waals surface area (Å²) in [7, 11) is 1.39. The van der Waals surface area contributed by atoms with Gasteiger partial charge in [-0.05, 0) is 29.9 Å². The summed E-state index contributed by atoms with van der Waals surface area (Å²) in [6.45, 7) is 4.47. The van der Waals surface area contributed by atoms with Gasteiger partial charge in [0.15, 0.2) is 5.17 Å². The van der Waals surface area contributed by atoms with Crippen LogP contribution < -0.4 is 5.32 Å². The number of ether oxygens (including phenoxy) is 1. The molecule has 0 fully saturated rings. The van der Waals surface area contributed by atoms with Crippen molar-refractivity contribution in [1.82, 2.24) is 10.2 Å². The quantitative estimate of drug-likeness (QED) is 0.598. The Morgan fingerprint density at radius 3 is 2.64 bits per heavy atom. The number of hydrogen-bond acceptors (Lipinski definition) is 6. The molecule has 0 spiro atoms. The van der Waals surface area contributed by atoms with Gasteiger partial charge in [0.1, 0.15) is 0 Å². The van der Waals surface area contributed by atoms with E-state index in [4.69, 9.17) is 9.73 Å². The van der Waals surface area contributed by atoms with Crippen LogP contribution in [0.4, 0.5) is 0 Å². The zero-order chi connectivity index (χ0) is 23.4. The minimum atomic E-state index is -0.400. The number of thioether (sulfide) groups is 1. The molecule has 7 heteroatoms. The van der Waals surface area contributed by atoms with Crippen molar-refractivity contribution in [3.63, 3.8) is 0 Å². The second-order valence-corrected chi connectivity index (χ2v) is 8.79. The lowest BCUT2D eigenvalue weighted by Crippen LogP contribution is -2.38. The number of benzene rings is 2. The number of allylic oxidation sites excluding steroid dienone is 1. The van der Waals surface area contributed by atoms with Crippen LogP contribution in [-0.2, 0) is 20.9 Å². The van der Waals surface area contributed by atoms with Crippen LogP contribution in [-0.4, -0.2) is 29.1 Å². The monoisotopic (exact) mass is 461 g/mol. The lowest BCUT2D eigenvalue weighted by molar-refractivity contribution is -0.136. The standard InChI is InChI=1S/C26H27N3O3S/c1-4-21-23(25(31)32-3)24(19-12-8-9-17(2)13-19)29-20(16-33-26(29)28-21)14-22(30)27-15-18-10-6-5-7-11-18/h5-13,16,24H,4,14-15H2,1-3H3,(H,27,30)/t24-/m1/s1. The van der Waals surface area contributed by atoms with Gasteiger partial charge in [0.2, 0.25) is 5.91 Å². The van der Waals surface area contributed by atoms with E-state index in [1.165, 1.54) is 18.9 Å². The first-order chi connectivity index (χ1) is 16.0. The summed E-state index contributed by atoms with van der Waals surface area (Å²) < 4.78 is 5.16. The van der Waals surface area contributed by atoms with Crippen LogP contribution in [0.1, 0.15) is 42.5 Å². The fourth-order valence-electron chi connectivity index (χ4n) is 4.09. The van der Waals surface area contributed by atoms with Gasteiger partial charge >= 0.3 is 5.97 Å². The zero-order valence-corrected chi connectivity index (χ0v) is 19.8. The van der Waals surface area contributed by atoms with Crippen LogP contribution in [0.2, 0.25) is 0 Å². The Morgan fingerprint density at radius 2 is 1.94 bits per heavy atom. The maximum Gasteiger partial charge on any atom is 0.338 e. The van der Waals surface area contributed by atoms with Gasteiger partial charge < -0.3 is 15.0 Å². The predicted octanol–water partition coefficient (Wildman–Crippen LogP) is 4.84. The molecule has 170 valence electrons. The predicted molar refractivity (Wildman–Crippen MR) is 131 cm³/mol. The molecule has 0 saturated carbocycles. The van der Waals surface area contributed by atoms with Crippen LogP contribution in [0, 0.1) is 6.92 Å². The normalized spacial score (nSPS) is 17.3. The zero-order valence-electron chi connectivity index (χ0n) is 19.0. The molecule has 6 nitrogen and oxygen atoms in total. The van der Waals surface area contributed by atoms with E-state index >= 15 is 0 Å². The molecule has 1 amide bonds. The molecule has 2 aliphatic rings. The van der Waals surface area contributed by atoms with Crippen molar-refractivity contribution in [2.75, 3.05) is 7.11 Å². The Hall–Kier alpha value is -3.32. The molecule has 2 heterocycles. The van der Waals surface area contributed by atoms with E-state index in [1.807, 2.05) is 72.7 Å². The molecular weight excluding hydrogens is 434 g/mol. The fourth-order valence-corrected chi connectivity index (χ4v) is 5.03. The number of carbonyl (C=O) groups is 2. The molecule has 0 aromatic heterocycles. The van der Waals surface area contributed by atoms with E-state index in [2.05, 4.69) is 11.4 Å². The first-order valence-electron chi connectivity index (χ1n) is 10.9. The van der Waals surface area contributed by atoms with Crippen molar-refractivity contribution < 1.29 is 14.3 Å². The van der Waals surface area contributed by atoms with Gasteiger partial charge in [-0.1, -0.05) is 78.8 Å². The molecule has 2 aliphatic heterocycles. The topological polar surface area (TPSA) is 71.0 Å². The van der Waals surface area contributed by atoms with E-state index in [9.17, 15) is 9.59 Å². The highest BCUT2D eigenvalue weighted by atomic mass is 32.2. The largest absolute Gasteiger partial charge is 0.466 e. The number of amidine groups is 1. The number of methoxy groups -OCH3 is 1. The SMILES string of the molecule is CCC1=C(C(=O)OC)[C@@H](c2cccc(C)c2)N2C(CC(=O)NCc3ccccc3)=CSC2=N1. The van der Waals surface area contributed by atoms with Crippen molar-refractivity contribution >= 4 is 28.8 Å². The molecule has 0 aliphatic carbocycles. The van der Waals surface area contributed by atoms with Crippen LogP contribution in [0.15, 0.2) is 82.0 Å². The third-order valence-electron chi connectivity index (χ3n) is 5.66. The van der Waals surface area contributed by atoms with E-state index in [0.29, 0.717) is 18.5 Å². The Labute approximate surface area is 198 Å². The summed E-state index contributed by atoms with van der Waals surface area (Å²) in [5, 5.41) is 5.72.